The summed E-state index contributed by atoms with van der Waals surface area (Å²) in [4.78, 5) is 0. The molecule has 1 unspecified atom stereocenters. The van der Waals surface area contributed by atoms with Crippen molar-refractivity contribution in [3.63, 3.8) is 0 Å². The first-order chi connectivity index (χ1) is 8.48. The Morgan fingerprint density at radius 3 is 2.67 bits per heavy atom. The van der Waals surface area contributed by atoms with E-state index >= 15 is 0 Å². The zero-order valence-corrected chi connectivity index (χ0v) is 9.96. The van der Waals surface area contributed by atoms with E-state index in [2.05, 4.69) is 0 Å². The molecule has 1 aliphatic heterocycles. The largest absolute Gasteiger partial charge is 0.418 e. The lowest BCUT2D eigenvalue weighted by Crippen LogP contribution is -2.22. The SMILES string of the molecule is Nc1c(CC2CCCCO2)cccc1C(F)(F)F. The molecule has 1 aromatic rings. The van der Waals surface area contributed by atoms with Crippen LogP contribution in [0.4, 0.5) is 18.9 Å². The van der Waals surface area contributed by atoms with Crippen LogP contribution in [0, 0.1) is 0 Å². The highest BCUT2D eigenvalue weighted by Gasteiger charge is 2.33. The van der Waals surface area contributed by atoms with Crippen molar-refractivity contribution in [2.75, 3.05) is 12.3 Å². The normalized spacial score (nSPS) is 20.9. The van der Waals surface area contributed by atoms with Crippen molar-refractivity contribution in [1.82, 2.24) is 0 Å². The van der Waals surface area contributed by atoms with Crippen molar-refractivity contribution in [1.29, 1.82) is 0 Å². The highest BCUT2D eigenvalue weighted by atomic mass is 19.4. The lowest BCUT2D eigenvalue weighted by atomic mass is 9.98. The molecule has 1 aromatic carbocycles. The second kappa shape index (κ2) is 5.18. The van der Waals surface area contributed by atoms with Crippen LogP contribution in [-0.2, 0) is 17.3 Å². The van der Waals surface area contributed by atoms with Crippen molar-refractivity contribution >= 4 is 5.69 Å². The van der Waals surface area contributed by atoms with Gasteiger partial charge >= 0.3 is 6.18 Å². The number of hydrogen-bond acceptors (Lipinski definition) is 2. The van der Waals surface area contributed by atoms with E-state index in [-0.39, 0.29) is 11.8 Å². The molecule has 1 fully saturated rings. The number of anilines is 1. The summed E-state index contributed by atoms with van der Waals surface area (Å²) >= 11 is 0. The molecule has 0 aromatic heterocycles. The second-order valence-corrected chi connectivity index (χ2v) is 4.57. The minimum absolute atomic E-state index is 0.00969. The molecule has 0 amide bonds. The molecule has 1 saturated heterocycles. The van der Waals surface area contributed by atoms with Crippen LogP contribution >= 0.6 is 0 Å². The van der Waals surface area contributed by atoms with Gasteiger partial charge in [-0.2, -0.15) is 13.2 Å². The van der Waals surface area contributed by atoms with Crippen molar-refractivity contribution in [2.24, 2.45) is 0 Å². The Labute approximate surface area is 104 Å². The average Bonchev–Trinajstić information content (AvgIpc) is 2.32. The van der Waals surface area contributed by atoms with Gasteiger partial charge in [0.2, 0.25) is 0 Å². The molecular formula is C13H16F3NO. The van der Waals surface area contributed by atoms with E-state index in [1.54, 1.807) is 6.07 Å². The first kappa shape index (κ1) is 13.2. The maximum atomic E-state index is 12.7. The molecule has 100 valence electrons. The van der Waals surface area contributed by atoms with Crippen LogP contribution < -0.4 is 5.73 Å². The van der Waals surface area contributed by atoms with Gasteiger partial charge in [-0.3, -0.25) is 0 Å². The van der Waals surface area contributed by atoms with Gasteiger partial charge < -0.3 is 10.5 Å². The lowest BCUT2D eigenvalue weighted by molar-refractivity contribution is -0.137. The van der Waals surface area contributed by atoms with Crippen LogP contribution in [0.1, 0.15) is 30.4 Å². The summed E-state index contributed by atoms with van der Waals surface area (Å²) in [6, 6.07) is 4.06. The Hall–Kier alpha value is -1.23. The predicted molar refractivity (Wildman–Crippen MR) is 63.2 cm³/mol. The minimum atomic E-state index is -4.40. The van der Waals surface area contributed by atoms with Gasteiger partial charge in [0.15, 0.2) is 0 Å². The number of ether oxygens (including phenoxy) is 1. The first-order valence-electron chi connectivity index (χ1n) is 6.04. The smallest absolute Gasteiger partial charge is 0.398 e. The number of para-hydroxylation sites is 1. The number of nitrogen functional groups attached to an aromatic ring is 1. The molecule has 2 nitrogen and oxygen atoms in total. The van der Waals surface area contributed by atoms with Crippen molar-refractivity contribution in [3.05, 3.63) is 29.3 Å². The number of hydrogen-bond donors (Lipinski definition) is 1. The van der Waals surface area contributed by atoms with Gasteiger partial charge in [0.1, 0.15) is 0 Å². The van der Waals surface area contributed by atoms with Crippen molar-refractivity contribution in [2.45, 2.75) is 38.0 Å². The van der Waals surface area contributed by atoms with Gasteiger partial charge in [-0.05, 0) is 30.9 Å². The van der Waals surface area contributed by atoms with Crippen LogP contribution in [0.3, 0.4) is 0 Å². The summed E-state index contributed by atoms with van der Waals surface area (Å²) in [6.45, 7) is 0.684. The molecule has 0 aliphatic carbocycles. The molecule has 0 spiro atoms. The van der Waals surface area contributed by atoms with Crippen LogP contribution in [0.5, 0.6) is 0 Å². The predicted octanol–water partition coefficient (Wildman–Crippen LogP) is 3.40. The molecule has 0 bridgehead atoms. The maximum absolute atomic E-state index is 12.7. The summed E-state index contributed by atoms with van der Waals surface area (Å²) in [5, 5.41) is 0. The van der Waals surface area contributed by atoms with Crippen LogP contribution in [0.2, 0.25) is 0 Å². The molecule has 0 radical (unpaired) electrons. The van der Waals surface area contributed by atoms with Gasteiger partial charge in [-0.25, -0.2) is 0 Å². The standard InChI is InChI=1S/C13H16F3NO/c14-13(15,16)11-6-3-4-9(12(11)17)8-10-5-1-2-7-18-10/h3-4,6,10H,1-2,5,7-8,17H2. The van der Waals surface area contributed by atoms with E-state index < -0.39 is 11.7 Å². The third kappa shape index (κ3) is 2.96. The maximum Gasteiger partial charge on any atom is 0.418 e. The Balaban J connectivity index is 2.18. The van der Waals surface area contributed by atoms with Gasteiger partial charge in [0.05, 0.1) is 11.7 Å². The summed E-state index contributed by atoms with van der Waals surface area (Å²) in [6.07, 6.45) is -0.985. The topological polar surface area (TPSA) is 35.2 Å². The van der Waals surface area contributed by atoms with Gasteiger partial charge in [-0.15, -0.1) is 0 Å². The molecule has 1 atom stereocenters. The highest BCUT2D eigenvalue weighted by molar-refractivity contribution is 5.55. The van der Waals surface area contributed by atoms with Crippen molar-refractivity contribution < 1.29 is 17.9 Å². The third-order valence-electron chi connectivity index (χ3n) is 3.22. The van der Waals surface area contributed by atoms with Crippen LogP contribution in [-0.4, -0.2) is 12.7 Å². The van der Waals surface area contributed by atoms with E-state index in [9.17, 15) is 13.2 Å². The number of rotatable bonds is 2. The molecule has 0 saturated carbocycles. The third-order valence-corrected chi connectivity index (χ3v) is 3.22. The molecule has 18 heavy (non-hydrogen) atoms. The number of alkyl halides is 3. The Morgan fingerprint density at radius 2 is 2.06 bits per heavy atom. The fourth-order valence-electron chi connectivity index (χ4n) is 2.25. The Kier molecular flexibility index (Phi) is 3.80. The Bertz CT molecular complexity index is 411. The van der Waals surface area contributed by atoms with E-state index in [1.807, 2.05) is 0 Å². The summed E-state index contributed by atoms with van der Waals surface area (Å²) < 4.78 is 43.6. The number of nitrogens with two attached hydrogens (primary N) is 1. The van der Waals surface area contributed by atoms with E-state index in [0.29, 0.717) is 18.6 Å². The summed E-state index contributed by atoms with van der Waals surface area (Å²) in [5.41, 5.74) is 5.21. The Morgan fingerprint density at radius 1 is 1.28 bits per heavy atom. The lowest BCUT2D eigenvalue weighted by Gasteiger charge is -2.23. The van der Waals surface area contributed by atoms with Gasteiger partial charge in [0.25, 0.3) is 0 Å². The van der Waals surface area contributed by atoms with Gasteiger partial charge in [0, 0.05) is 18.7 Å². The average molecular weight is 259 g/mol. The van der Waals surface area contributed by atoms with E-state index in [0.717, 1.165) is 25.3 Å². The summed E-state index contributed by atoms with van der Waals surface area (Å²) in [5.74, 6) is 0. The molecule has 5 heteroatoms. The van der Waals surface area contributed by atoms with Gasteiger partial charge in [-0.1, -0.05) is 12.1 Å². The molecule has 1 heterocycles. The summed E-state index contributed by atoms with van der Waals surface area (Å²) in [7, 11) is 0. The van der Waals surface area contributed by atoms with Crippen LogP contribution in [0.15, 0.2) is 18.2 Å². The fourth-order valence-corrected chi connectivity index (χ4v) is 2.25. The number of halogens is 3. The zero-order chi connectivity index (χ0) is 13.2. The minimum Gasteiger partial charge on any atom is -0.398 e. The monoisotopic (exact) mass is 259 g/mol. The van der Waals surface area contributed by atoms with Crippen molar-refractivity contribution in [3.8, 4) is 0 Å². The van der Waals surface area contributed by atoms with E-state index in [4.69, 9.17) is 10.5 Å². The quantitative estimate of drug-likeness (QED) is 0.826. The first-order valence-corrected chi connectivity index (χ1v) is 6.04. The molecule has 2 N–H and O–H groups in total. The molecule has 1 aliphatic rings. The molecule has 2 rings (SSSR count). The fraction of sp³-hybridized carbons (Fsp3) is 0.538. The highest BCUT2D eigenvalue weighted by Crippen LogP contribution is 2.35. The zero-order valence-electron chi connectivity index (χ0n) is 9.96. The number of benzene rings is 1. The van der Waals surface area contributed by atoms with E-state index in [1.165, 1.54) is 6.07 Å². The molecular weight excluding hydrogens is 243 g/mol. The van der Waals surface area contributed by atoms with Crippen LogP contribution in [0.25, 0.3) is 0 Å². The second-order valence-electron chi connectivity index (χ2n) is 4.57.